The zero-order valence-corrected chi connectivity index (χ0v) is 9.75. The summed E-state index contributed by atoms with van der Waals surface area (Å²) in [6.07, 6.45) is 3.20. The van der Waals surface area contributed by atoms with Crippen LogP contribution in [-0.2, 0) is 0 Å². The average molecular weight is 270 g/mol. The van der Waals surface area contributed by atoms with Crippen molar-refractivity contribution in [3.63, 3.8) is 0 Å². The van der Waals surface area contributed by atoms with E-state index in [2.05, 4.69) is 41.3 Å². The summed E-state index contributed by atoms with van der Waals surface area (Å²) in [6, 6.07) is 0. The van der Waals surface area contributed by atoms with E-state index in [0.29, 0.717) is 16.4 Å². The molecule has 0 saturated heterocycles. The molecular weight excluding hydrogens is 262 g/mol. The van der Waals surface area contributed by atoms with Gasteiger partial charge < -0.3 is 4.90 Å². The second kappa shape index (κ2) is 3.89. The van der Waals surface area contributed by atoms with E-state index in [4.69, 9.17) is 0 Å². The predicted octanol–water partition coefficient (Wildman–Crippen LogP) is 0.281. The number of tetrazole rings is 1. The molecule has 0 amide bonds. The number of halogens is 1. The summed E-state index contributed by atoms with van der Waals surface area (Å²) in [4.78, 5) is 11.5. The highest BCUT2D eigenvalue weighted by Gasteiger charge is 2.11. The molecule has 0 aliphatic heterocycles. The van der Waals surface area contributed by atoms with E-state index in [1.54, 1.807) is 12.4 Å². The van der Waals surface area contributed by atoms with Gasteiger partial charge in [0.1, 0.15) is 0 Å². The van der Waals surface area contributed by atoms with Gasteiger partial charge in [-0.1, -0.05) is 0 Å². The number of aromatic nitrogens is 6. The van der Waals surface area contributed by atoms with Crippen molar-refractivity contribution in [2.45, 2.75) is 0 Å². The van der Waals surface area contributed by atoms with Gasteiger partial charge in [-0.25, -0.2) is 9.97 Å². The molecule has 0 atom stereocenters. The van der Waals surface area contributed by atoms with Crippen LogP contribution < -0.4 is 4.90 Å². The SMILES string of the molecule is CN(C)c1nccnc1-n1nnc(Br)n1. The van der Waals surface area contributed by atoms with Gasteiger partial charge in [0.2, 0.25) is 10.6 Å². The van der Waals surface area contributed by atoms with Gasteiger partial charge in [0.25, 0.3) is 0 Å². The minimum Gasteiger partial charge on any atom is -0.360 e. The molecule has 2 heterocycles. The summed E-state index contributed by atoms with van der Waals surface area (Å²) < 4.78 is 0.415. The summed E-state index contributed by atoms with van der Waals surface area (Å²) in [7, 11) is 3.75. The van der Waals surface area contributed by atoms with Crippen LogP contribution in [0.3, 0.4) is 0 Å². The number of hydrogen-bond acceptors (Lipinski definition) is 6. The molecule has 0 aliphatic carbocycles. The molecular formula is C7H8BrN7. The maximum absolute atomic E-state index is 4.18. The number of anilines is 1. The maximum Gasteiger partial charge on any atom is 0.240 e. The van der Waals surface area contributed by atoms with Gasteiger partial charge in [-0.15, -0.1) is 15.0 Å². The Bertz CT molecular complexity index is 466. The predicted molar refractivity (Wildman–Crippen MR) is 56.8 cm³/mol. The van der Waals surface area contributed by atoms with Gasteiger partial charge in [-0.05, 0) is 21.1 Å². The third-order valence-electron chi connectivity index (χ3n) is 1.66. The number of rotatable bonds is 2. The van der Waals surface area contributed by atoms with Crippen LogP contribution in [0.4, 0.5) is 5.82 Å². The molecule has 0 saturated carbocycles. The van der Waals surface area contributed by atoms with Crippen molar-refractivity contribution in [3.8, 4) is 5.82 Å². The van der Waals surface area contributed by atoms with Crippen molar-refractivity contribution in [1.29, 1.82) is 0 Å². The molecule has 8 heteroatoms. The molecule has 2 aromatic heterocycles. The smallest absolute Gasteiger partial charge is 0.240 e. The molecule has 2 aromatic rings. The molecule has 78 valence electrons. The Morgan fingerprint density at radius 2 is 2.00 bits per heavy atom. The van der Waals surface area contributed by atoms with Gasteiger partial charge in [-0.3, -0.25) is 0 Å². The standard InChI is InChI=1S/C7H8BrN7/c1-14(2)5-6(10-4-3-9-5)15-12-7(8)11-13-15/h3-4H,1-2H3. The van der Waals surface area contributed by atoms with Crippen LogP contribution in [0.15, 0.2) is 17.1 Å². The summed E-state index contributed by atoms with van der Waals surface area (Å²) in [6.45, 7) is 0. The lowest BCUT2D eigenvalue weighted by Gasteiger charge is -2.12. The topological polar surface area (TPSA) is 72.6 Å². The zero-order chi connectivity index (χ0) is 10.8. The summed E-state index contributed by atoms with van der Waals surface area (Å²) in [5, 5.41) is 11.5. The minimum atomic E-state index is 0.415. The lowest BCUT2D eigenvalue weighted by Crippen LogP contribution is -2.16. The molecule has 0 unspecified atom stereocenters. The molecule has 0 aromatic carbocycles. The second-order valence-electron chi connectivity index (χ2n) is 2.95. The molecule has 2 rings (SSSR count). The van der Waals surface area contributed by atoms with E-state index >= 15 is 0 Å². The van der Waals surface area contributed by atoms with Gasteiger partial charge >= 0.3 is 0 Å². The maximum atomic E-state index is 4.18. The fourth-order valence-corrected chi connectivity index (χ4v) is 1.29. The lowest BCUT2D eigenvalue weighted by molar-refractivity contribution is 0.693. The Morgan fingerprint density at radius 3 is 2.60 bits per heavy atom. The van der Waals surface area contributed by atoms with E-state index in [1.807, 2.05) is 19.0 Å². The first-order valence-electron chi connectivity index (χ1n) is 4.12. The monoisotopic (exact) mass is 269 g/mol. The van der Waals surface area contributed by atoms with Gasteiger partial charge in [0.05, 0.1) is 0 Å². The van der Waals surface area contributed by atoms with E-state index in [-0.39, 0.29) is 0 Å². The van der Waals surface area contributed by atoms with E-state index in [0.717, 1.165) is 0 Å². The normalized spacial score (nSPS) is 10.3. The van der Waals surface area contributed by atoms with Crippen molar-refractivity contribution >= 4 is 21.7 Å². The Kier molecular flexibility index (Phi) is 2.58. The Morgan fingerprint density at radius 1 is 1.27 bits per heavy atom. The quantitative estimate of drug-likeness (QED) is 0.780. The van der Waals surface area contributed by atoms with Gasteiger partial charge in [0.15, 0.2) is 5.82 Å². The third-order valence-corrected chi connectivity index (χ3v) is 1.98. The fourth-order valence-electron chi connectivity index (χ4n) is 1.07. The molecule has 0 radical (unpaired) electrons. The molecule has 0 N–H and O–H groups in total. The van der Waals surface area contributed by atoms with Crippen molar-refractivity contribution in [1.82, 2.24) is 30.2 Å². The van der Waals surface area contributed by atoms with Gasteiger partial charge in [-0.2, -0.15) is 0 Å². The second-order valence-corrected chi connectivity index (χ2v) is 3.66. The van der Waals surface area contributed by atoms with Crippen LogP contribution in [0.1, 0.15) is 0 Å². The highest BCUT2D eigenvalue weighted by atomic mass is 79.9. The van der Waals surface area contributed by atoms with Crippen LogP contribution in [0.25, 0.3) is 5.82 Å². The zero-order valence-electron chi connectivity index (χ0n) is 8.16. The summed E-state index contributed by atoms with van der Waals surface area (Å²) >= 11 is 3.12. The highest BCUT2D eigenvalue weighted by Crippen LogP contribution is 2.14. The van der Waals surface area contributed by atoms with Crippen molar-refractivity contribution in [3.05, 3.63) is 17.1 Å². The molecule has 0 fully saturated rings. The Hall–Kier alpha value is -1.57. The fraction of sp³-hybridized carbons (Fsp3) is 0.286. The summed E-state index contributed by atoms with van der Waals surface area (Å²) in [5.74, 6) is 1.23. The third kappa shape index (κ3) is 1.94. The molecule has 0 aliphatic rings. The highest BCUT2D eigenvalue weighted by molar-refractivity contribution is 9.10. The Balaban J connectivity index is 2.52. The van der Waals surface area contributed by atoms with E-state index < -0.39 is 0 Å². The van der Waals surface area contributed by atoms with Crippen LogP contribution in [0, 0.1) is 0 Å². The first kappa shape index (κ1) is 9.97. The lowest BCUT2D eigenvalue weighted by atomic mass is 10.5. The first-order chi connectivity index (χ1) is 7.18. The van der Waals surface area contributed by atoms with Crippen molar-refractivity contribution < 1.29 is 0 Å². The number of nitrogens with zero attached hydrogens (tertiary/aromatic N) is 7. The van der Waals surface area contributed by atoms with E-state index in [1.165, 1.54) is 4.80 Å². The van der Waals surface area contributed by atoms with Crippen LogP contribution in [0.5, 0.6) is 0 Å². The summed E-state index contributed by atoms with van der Waals surface area (Å²) in [5.41, 5.74) is 0. The molecule has 0 spiro atoms. The number of hydrogen-bond donors (Lipinski definition) is 0. The molecule has 7 nitrogen and oxygen atoms in total. The first-order valence-corrected chi connectivity index (χ1v) is 4.92. The van der Waals surface area contributed by atoms with Crippen LogP contribution in [-0.4, -0.2) is 44.3 Å². The van der Waals surface area contributed by atoms with E-state index in [9.17, 15) is 0 Å². The Labute approximate surface area is 94.3 Å². The molecule has 15 heavy (non-hydrogen) atoms. The minimum absolute atomic E-state index is 0.415. The van der Waals surface area contributed by atoms with Crippen molar-refractivity contribution in [2.24, 2.45) is 0 Å². The van der Waals surface area contributed by atoms with Crippen LogP contribution in [0.2, 0.25) is 0 Å². The van der Waals surface area contributed by atoms with Crippen molar-refractivity contribution in [2.75, 3.05) is 19.0 Å². The average Bonchev–Trinajstić information content (AvgIpc) is 2.65. The van der Waals surface area contributed by atoms with Crippen LogP contribution >= 0.6 is 15.9 Å². The molecule has 0 bridgehead atoms. The van der Waals surface area contributed by atoms with Gasteiger partial charge in [0, 0.05) is 26.5 Å². The largest absolute Gasteiger partial charge is 0.360 e.